The number of pyridine rings is 1. The second-order valence-electron chi connectivity index (χ2n) is 4.93. The lowest BCUT2D eigenvalue weighted by molar-refractivity contribution is -0.121. The molecule has 1 aromatic heterocycles. The average molecular weight is 269 g/mol. The van der Waals surface area contributed by atoms with Gasteiger partial charge >= 0.3 is 0 Å². The maximum atomic E-state index is 11.6. The number of likely N-dealkylation sites (N-methyl/N-ethyl adjacent to an activating group) is 1. The van der Waals surface area contributed by atoms with Crippen molar-refractivity contribution >= 4 is 5.91 Å². The van der Waals surface area contributed by atoms with Gasteiger partial charge < -0.3 is 10.2 Å². The first kappa shape index (κ1) is 14.2. The summed E-state index contributed by atoms with van der Waals surface area (Å²) in [4.78, 5) is 17.7. The molecule has 0 aliphatic carbocycles. The third kappa shape index (κ3) is 4.17. The lowest BCUT2D eigenvalue weighted by Gasteiger charge is -2.10. The van der Waals surface area contributed by atoms with E-state index in [9.17, 15) is 4.79 Å². The minimum atomic E-state index is 0.0313. The Hall–Kier alpha value is -2.20. The van der Waals surface area contributed by atoms with Crippen LogP contribution in [0.5, 0.6) is 0 Å². The summed E-state index contributed by atoms with van der Waals surface area (Å²) in [5.41, 5.74) is 3.11. The highest BCUT2D eigenvalue weighted by atomic mass is 16.1. The van der Waals surface area contributed by atoms with Crippen LogP contribution in [0.4, 0.5) is 0 Å². The maximum Gasteiger partial charge on any atom is 0.234 e. The van der Waals surface area contributed by atoms with E-state index in [2.05, 4.69) is 10.3 Å². The number of aromatic nitrogens is 1. The SMILES string of the molecule is CN(C)CC(=O)NCc1ccc(-c2ccccn2)cc1. The molecule has 0 fully saturated rings. The topological polar surface area (TPSA) is 45.2 Å². The molecule has 4 heteroatoms. The standard InChI is InChI=1S/C16H19N3O/c1-19(2)12-16(20)18-11-13-6-8-14(9-7-13)15-5-3-4-10-17-15/h3-10H,11-12H2,1-2H3,(H,18,20). The Labute approximate surface area is 119 Å². The Morgan fingerprint density at radius 3 is 2.50 bits per heavy atom. The molecule has 0 aliphatic rings. The normalized spacial score (nSPS) is 10.6. The predicted molar refractivity (Wildman–Crippen MR) is 80.1 cm³/mol. The van der Waals surface area contributed by atoms with Crippen LogP contribution >= 0.6 is 0 Å². The molecule has 20 heavy (non-hydrogen) atoms. The molecule has 2 rings (SSSR count). The van der Waals surface area contributed by atoms with Gasteiger partial charge in [0.05, 0.1) is 12.2 Å². The van der Waals surface area contributed by atoms with Crippen LogP contribution in [0, 0.1) is 0 Å². The summed E-state index contributed by atoms with van der Waals surface area (Å²) in [6, 6.07) is 13.9. The van der Waals surface area contributed by atoms with Crippen molar-refractivity contribution in [2.45, 2.75) is 6.54 Å². The predicted octanol–water partition coefficient (Wildman–Crippen LogP) is 1.93. The fourth-order valence-electron chi connectivity index (χ4n) is 1.87. The lowest BCUT2D eigenvalue weighted by atomic mass is 10.1. The summed E-state index contributed by atoms with van der Waals surface area (Å²) in [6.07, 6.45) is 1.78. The first-order valence-electron chi connectivity index (χ1n) is 6.57. The van der Waals surface area contributed by atoms with E-state index >= 15 is 0 Å². The fraction of sp³-hybridized carbons (Fsp3) is 0.250. The monoisotopic (exact) mass is 269 g/mol. The van der Waals surface area contributed by atoms with E-state index in [1.54, 1.807) is 6.20 Å². The maximum absolute atomic E-state index is 11.6. The minimum absolute atomic E-state index is 0.0313. The van der Waals surface area contributed by atoms with E-state index in [4.69, 9.17) is 0 Å². The van der Waals surface area contributed by atoms with Crippen LogP contribution in [0.1, 0.15) is 5.56 Å². The molecule has 104 valence electrons. The number of rotatable bonds is 5. The van der Waals surface area contributed by atoms with Crippen molar-refractivity contribution in [1.29, 1.82) is 0 Å². The van der Waals surface area contributed by atoms with E-state index in [0.29, 0.717) is 13.1 Å². The molecule has 1 amide bonds. The molecule has 0 radical (unpaired) electrons. The Bertz CT molecular complexity index is 550. The zero-order valence-electron chi connectivity index (χ0n) is 11.8. The highest BCUT2D eigenvalue weighted by molar-refractivity contribution is 5.77. The smallest absolute Gasteiger partial charge is 0.234 e. The van der Waals surface area contributed by atoms with E-state index in [-0.39, 0.29) is 5.91 Å². The van der Waals surface area contributed by atoms with Crippen LogP contribution in [0.2, 0.25) is 0 Å². The number of nitrogens with zero attached hydrogens (tertiary/aromatic N) is 2. The number of amides is 1. The number of nitrogens with one attached hydrogen (secondary N) is 1. The molecule has 0 saturated heterocycles. The number of carbonyl (C=O) groups excluding carboxylic acids is 1. The zero-order valence-corrected chi connectivity index (χ0v) is 11.8. The first-order valence-corrected chi connectivity index (χ1v) is 6.57. The van der Waals surface area contributed by atoms with E-state index in [1.807, 2.05) is 61.5 Å². The van der Waals surface area contributed by atoms with Gasteiger partial charge in [-0.25, -0.2) is 0 Å². The Balaban J connectivity index is 1.94. The molecule has 1 heterocycles. The largest absolute Gasteiger partial charge is 0.351 e. The van der Waals surface area contributed by atoms with Crippen LogP contribution in [0.3, 0.4) is 0 Å². The molecule has 1 N–H and O–H groups in total. The van der Waals surface area contributed by atoms with Gasteiger partial charge in [-0.05, 0) is 31.8 Å². The molecular weight excluding hydrogens is 250 g/mol. The summed E-state index contributed by atoms with van der Waals surface area (Å²) in [5.74, 6) is 0.0313. The van der Waals surface area contributed by atoms with Crippen LogP contribution < -0.4 is 5.32 Å². The zero-order chi connectivity index (χ0) is 14.4. The van der Waals surface area contributed by atoms with Crippen LogP contribution in [-0.2, 0) is 11.3 Å². The van der Waals surface area contributed by atoms with Gasteiger partial charge in [-0.15, -0.1) is 0 Å². The number of carbonyl (C=O) groups is 1. The quantitative estimate of drug-likeness (QED) is 0.902. The fourth-order valence-corrected chi connectivity index (χ4v) is 1.87. The van der Waals surface area contributed by atoms with Gasteiger partial charge in [-0.1, -0.05) is 30.3 Å². The highest BCUT2D eigenvalue weighted by Crippen LogP contribution is 2.16. The summed E-state index contributed by atoms with van der Waals surface area (Å²) < 4.78 is 0. The van der Waals surface area contributed by atoms with Gasteiger partial charge in [0.15, 0.2) is 0 Å². The van der Waals surface area contributed by atoms with Gasteiger partial charge in [-0.2, -0.15) is 0 Å². The highest BCUT2D eigenvalue weighted by Gasteiger charge is 2.03. The van der Waals surface area contributed by atoms with Crippen LogP contribution in [-0.4, -0.2) is 36.4 Å². The molecule has 0 aliphatic heterocycles. The van der Waals surface area contributed by atoms with Crippen molar-refractivity contribution in [3.8, 4) is 11.3 Å². The summed E-state index contributed by atoms with van der Waals surface area (Å²) in [7, 11) is 3.75. The molecule has 0 spiro atoms. The Kier molecular flexibility index (Phi) is 4.85. The molecule has 0 unspecified atom stereocenters. The molecule has 0 atom stereocenters. The second kappa shape index (κ2) is 6.82. The molecule has 0 saturated carbocycles. The number of hydrogen-bond donors (Lipinski definition) is 1. The van der Waals surface area contributed by atoms with Gasteiger partial charge in [0.25, 0.3) is 0 Å². The third-order valence-electron chi connectivity index (χ3n) is 2.86. The third-order valence-corrected chi connectivity index (χ3v) is 2.86. The summed E-state index contributed by atoms with van der Waals surface area (Å²) >= 11 is 0. The molecule has 4 nitrogen and oxygen atoms in total. The van der Waals surface area contributed by atoms with E-state index < -0.39 is 0 Å². The van der Waals surface area contributed by atoms with Gasteiger partial charge in [0.2, 0.25) is 5.91 Å². The van der Waals surface area contributed by atoms with Crippen molar-refractivity contribution < 1.29 is 4.79 Å². The minimum Gasteiger partial charge on any atom is -0.351 e. The van der Waals surface area contributed by atoms with Crippen molar-refractivity contribution in [2.24, 2.45) is 0 Å². The van der Waals surface area contributed by atoms with Gasteiger partial charge in [0, 0.05) is 18.3 Å². The van der Waals surface area contributed by atoms with Gasteiger partial charge in [0.1, 0.15) is 0 Å². The van der Waals surface area contributed by atoms with Crippen LogP contribution in [0.15, 0.2) is 48.7 Å². The van der Waals surface area contributed by atoms with E-state index in [1.165, 1.54) is 0 Å². The number of hydrogen-bond acceptors (Lipinski definition) is 3. The molecule has 2 aromatic rings. The van der Waals surface area contributed by atoms with E-state index in [0.717, 1.165) is 16.8 Å². The van der Waals surface area contributed by atoms with Crippen molar-refractivity contribution in [3.05, 3.63) is 54.2 Å². The lowest BCUT2D eigenvalue weighted by Crippen LogP contribution is -2.32. The summed E-state index contributed by atoms with van der Waals surface area (Å²) in [6.45, 7) is 0.960. The second-order valence-corrected chi connectivity index (χ2v) is 4.93. The van der Waals surface area contributed by atoms with Gasteiger partial charge in [-0.3, -0.25) is 9.78 Å². The van der Waals surface area contributed by atoms with Crippen molar-refractivity contribution in [3.63, 3.8) is 0 Å². The van der Waals surface area contributed by atoms with Crippen molar-refractivity contribution in [1.82, 2.24) is 15.2 Å². The Morgan fingerprint density at radius 1 is 1.15 bits per heavy atom. The van der Waals surface area contributed by atoms with Crippen molar-refractivity contribution in [2.75, 3.05) is 20.6 Å². The Morgan fingerprint density at radius 2 is 1.90 bits per heavy atom. The summed E-state index contributed by atoms with van der Waals surface area (Å²) in [5, 5.41) is 2.89. The number of benzene rings is 1. The first-order chi connectivity index (χ1) is 9.65. The molecule has 1 aromatic carbocycles. The molecular formula is C16H19N3O. The molecule has 0 bridgehead atoms. The van der Waals surface area contributed by atoms with Crippen LogP contribution in [0.25, 0.3) is 11.3 Å². The average Bonchev–Trinajstić information content (AvgIpc) is 2.46.